The van der Waals surface area contributed by atoms with Crippen molar-refractivity contribution in [1.82, 2.24) is 15.1 Å². The van der Waals surface area contributed by atoms with E-state index in [2.05, 4.69) is 10.2 Å². The van der Waals surface area contributed by atoms with Crippen molar-refractivity contribution >= 4 is 5.91 Å². The predicted octanol–water partition coefficient (Wildman–Crippen LogP) is 2.96. The van der Waals surface area contributed by atoms with Crippen LogP contribution in [-0.2, 0) is 0 Å². The van der Waals surface area contributed by atoms with E-state index in [9.17, 15) is 15.0 Å². The number of nitrogens with one attached hydrogen (secondary N) is 1. The van der Waals surface area contributed by atoms with Crippen molar-refractivity contribution in [3.63, 3.8) is 0 Å². The molecule has 9 heteroatoms. The quantitative estimate of drug-likeness (QED) is 0.503. The zero-order valence-corrected chi connectivity index (χ0v) is 19.2. The lowest BCUT2D eigenvalue weighted by Gasteiger charge is -2.27. The van der Waals surface area contributed by atoms with Gasteiger partial charge in [-0.25, -0.2) is 0 Å². The van der Waals surface area contributed by atoms with E-state index < -0.39 is 6.04 Å². The van der Waals surface area contributed by atoms with E-state index in [1.54, 1.807) is 17.0 Å². The Hall–Kier alpha value is -3.72. The van der Waals surface area contributed by atoms with Gasteiger partial charge in [0.25, 0.3) is 5.91 Å². The molecule has 1 unspecified atom stereocenters. The number of ether oxygens (including phenoxy) is 3. The predicted molar refractivity (Wildman–Crippen MR) is 121 cm³/mol. The van der Waals surface area contributed by atoms with Gasteiger partial charge in [-0.15, -0.1) is 0 Å². The number of rotatable bonds is 7. The Labute approximate surface area is 191 Å². The van der Waals surface area contributed by atoms with Crippen molar-refractivity contribution in [2.75, 3.05) is 34.5 Å². The van der Waals surface area contributed by atoms with Gasteiger partial charge >= 0.3 is 0 Å². The van der Waals surface area contributed by atoms with Crippen molar-refractivity contribution in [1.29, 1.82) is 0 Å². The van der Waals surface area contributed by atoms with E-state index in [0.717, 1.165) is 5.56 Å². The first-order chi connectivity index (χ1) is 15.9. The standard InChI is InChI=1S/C24H27N3O6/c1-12-8-13(2)22(29)15(9-12)19-18-20(26-25-19)24(30)27(6-7-28)21(18)14-10-16(31-3)23(33-5)17(11-14)32-4/h8-11,21,28-29H,6-7H2,1-5H3,(H,25,26). The van der Waals surface area contributed by atoms with Gasteiger partial charge in [0.15, 0.2) is 11.5 Å². The molecule has 0 saturated heterocycles. The number of carbonyl (C=O) groups is 1. The molecule has 1 aliphatic rings. The molecular formula is C24H27N3O6. The van der Waals surface area contributed by atoms with Crippen LogP contribution in [-0.4, -0.2) is 65.7 Å². The second-order valence-electron chi connectivity index (χ2n) is 7.92. The van der Waals surface area contributed by atoms with Crippen molar-refractivity contribution in [3.8, 4) is 34.3 Å². The summed E-state index contributed by atoms with van der Waals surface area (Å²) in [5.41, 5.74) is 4.29. The normalized spacial score (nSPS) is 15.0. The highest BCUT2D eigenvalue weighted by atomic mass is 16.5. The third-order valence-corrected chi connectivity index (χ3v) is 5.91. The van der Waals surface area contributed by atoms with E-state index in [1.165, 1.54) is 21.3 Å². The number of H-pyrrole nitrogens is 1. The van der Waals surface area contributed by atoms with Crippen LogP contribution in [0.15, 0.2) is 24.3 Å². The molecule has 0 radical (unpaired) electrons. The molecule has 0 saturated carbocycles. The summed E-state index contributed by atoms with van der Waals surface area (Å²) in [5.74, 6) is 1.13. The summed E-state index contributed by atoms with van der Waals surface area (Å²) in [4.78, 5) is 14.8. The number of phenols is 1. The number of nitrogens with zero attached hydrogens (tertiary/aromatic N) is 2. The van der Waals surface area contributed by atoms with E-state index in [-0.39, 0.29) is 24.8 Å². The molecule has 3 N–H and O–H groups in total. The number of hydrogen-bond acceptors (Lipinski definition) is 7. The summed E-state index contributed by atoms with van der Waals surface area (Å²) in [6, 6.07) is 6.67. The van der Waals surface area contributed by atoms with Gasteiger partial charge in [-0.2, -0.15) is 5.10 Å². The summed E-state index contributed by atoms with van der Waals surface area (Å²) in [7, 11) is 4.57. The first-order valence-electron chi connectivity index (χ1n) is 10.5. The highest BCUT2D eigenvalue weighted by molar-refractivity contribution is 6.00. The Balaban J connectivity index is 1.98. The number of aromatic amines is 1. The molecule has 9 nitrogen and oxygen atoms in total. The number of aliphatic hydroxyl groups excluding tert-OH is 1. The van der Waals surface area contributed by atoms with Gasteiger partial charge in [-0.3, -0.25) is 9.89 Å². The molecule has 0 fully saturated rings. The number of phenolic OH excluding ortho intramolecular Hbond substituents is 1. The van der Waals surface area contributed by atoms with Gasteiger partial charge in [-0.05, 0) is 48.7 Å². The molecule has 1 aromatic heterocycles. The van der Waals surface area contributed by atoms with Crippen molar-refractivity contribution < 1.29 is 29.2 Å². The molecule has 4 rings (SSSR count). The van der Waals surface area contributed by atoms with Crippen LogP contribution in [0.5, 0.6) is 23.0 Å². The summed E-state index contributed by atoms with van der Waals surface area (Å²) >= 11 is 0. The molecule has 33 heavy (non-hydrogen) atoms. The molecule has 2 aromatic carbocycles. The second-order valence-corrected chi connectivity index (χ2v) is 7.92. The van der Waals surface area contributed by atoms with Crippen LogP contribution in [0.4, 0.5) is 0 Å². The third kappa shape index (κ3) is 3.54. The maximum Gasteiger partial charge on any atom is 0.273 e. The number of aromatic nitrogens is 2. The van der Waals surface area contributed by atoms with E-state index in [1.807, 2.05) is 26.0 Å². The summed E-state index contributed by atoms with van der Waals surface area (Å²) < 4.78 is 16.5. The number of hydrogen-bond donors (Lipinski definition) is 3. The minimum absolute atomic E-state index is 0.103. The molecule has 3 aromatic rings. The highest BCUT2D eigenvalue weighted by Gasteiger charge is 2.43. The fourth-order valence-corrected chi connectivity index (χ4v) is 4.49. The van der Waals surface area contributed by atoms with Gasteiger partial charge < -0.3 is 29.3 Å². The molecule has 0 aliphatic carbocycles. The maximum atomic E-state index is 13.3. The maximum absolute atomic E-state index is 13.3. The van der Waals surface area contributed by atoms with Crippen LogP contribution in [0, 0.1) is 13.8 Å². The van der Waals surface area contributed by atoms with Gasteiger partial charge in [0.1, 0.15) is 17.1 Å². The fraction of sp³-hybridized carbons (Fsp3) is 0.333. The second kappa shape index (κ2) is 8.67. The zero-order chi connectivity index (χ0) is 23.9. The Morgan fingerprint density at radius 3 is 2.30 bits per heavy atom. The molecule has 1 amide bonds. The van der Waals surface area contributed by atoms with Crippen LogP contribution in [0.25, 0.3) is 11.3 Å². The topological polar surface area (TPSA) is 117 Å². The minimum Gasteiger partial charge on any atom is -0.507 e. The molecule has 0 bridgehead atoms. The number of amides is 1. The molecular weight excluding hydrogens is 426 g/mol. The largest absolute Gasteiger partial charge is 0.507 e. The van der Waals surface area contributed by atoms with Gasteiger partial charge in [-0.1, -0.05) is 6.07 Å². The van der Waals surface area contributed by atoms with E-state index in [4.69, 9.17) is 14.2 Å². The van der Waals surface area contributed by atoms with Crippen molar-refractivity contribution in [3.05, 3.63) is 52.2 Å². The fourth-order valence-electron chi connectivity index (χ4n) is 4.49. The molecule has 2 heterocycles. The van der Waals surface area contributed by atoms with E-state index >= 15 is 0 Å². The van der Waals surface area contributed by atoms with Crippen LogP contribution >= 0.6 is 0 Å². The van der Waals surface area contributed by atoms with Gasteiger partial charge in [0.2, 0.25) is 5.75 Å². The Kier molecular flexibility index (Phi) is 5.90. The summed E-state index contributed by atoms with van der Waals surface area (Å²) in [5, 5.41) is 27.7. The lowest BCUT2D eigenvalue weighted by molar-refractivity contribution is 0.0706. The molecule has 174 valence electrons. The average Bonchev–Trinajstić information content (AvgIpc) is 3.34. The monoisotopic (exact) mass is 453 g/mol. The third-order valence-electron chi connectivity index (χ3n) is 5.91. The lowest BCUT2D eigenvalue weighted by atomic mass is 9.93. The number of aliphatic hydroxyl groups is 1. The van der Waals surface area contributed by atoms with Crippen LogP contribution in [0.3, 0.4) is 0 Å². The number of carbonyl (C=O) groups excluding carboxylic acids is 1. The van der Waals surface area contributed by atoms with Crippen LogP contribution in [0.1, 0.15) is 38.8 Å². The molecule has 1 aliphatic heterocycles. The molecule has 0 spiro atoms. The number of benzene rings is 2. The number of fused-ring (bicyclic) bond motifs is 1. The average molecular weight is 453 g/mol. The first-order valence-corrected chi connectivity index (χ1v) is 10.5. The number of aryl methyl sites for hydroxylation is 2. The zero-order valence-electron chi connectivity index (χ0n) is 19.2. The Morgan fingerprint density at radius 1 is 1.06 bits per heavy atom. The van der Waals surface area contributed by atoms with Gasteiger partial charge in [0, 0.05) is 17.7 Å². The first kappa shape index (κ1) is 22.5. The number of β-amino-alcohol motifs (C(OH)–C–C–N with tert-alkyl or cyclic N) is 1. The SMILES string of the molecule is COc1cc(C2c3c(-c4cc(C)cc(C)c4O)n[nH]c3C(=O)N2CCO)cc(OC)c1OC. The lowest BCUT2D eigenvalue weighted by Crippen LogP contribution is -2.32. The van der Waals surface area contributed by atoms with Crippen molar-refractivity contribution in [2.24, 2.45) is 0 Å². The smallest absolute Gasteiger partial charge is 0.273 e. The Bertz CT molecular complexity index is 1190. The van der Waals surface area contributed by atoms with E-state index in [0.29, 0.717) is 50.9 Å². The highest BCUT2D eigenvalue weighted by Crippen LogP contribution is 2.48. The summed E-state index contributed by atoms with van der Waals surface area (Å²) in [6.45, 7) is 3.65. The van der Waals surface area contributed by atoms with Crippen LogP contribution in [0.2, 0.25) is 0 Å². The van der Waals surface area contributed by atoms with Crippen molar-refractivity contribution in [2.45, 2.75) is 19.9 Å². The van der Waals surface area contributed by atoms with Gasteiger partial charge in [0.05, 0.1) is 34.0 Å². The number of methoxy groups -OCH3 is 3. The number of aromatic hydroxyl groups is 1. The van der Waals surface area contributed by atoms with Crippen LogP contribution < -0.4 is 14.2 Å². The molecule has 1 atom stereocenters. The minimum atomic E-state index is -0.595. The summed E-state index contributed by atoms with van der Waals surface area (Å²) in [6.07, 6.45) is 0. The Morgan fingerprint density at radius 2 is 1.73 bits per heavy atom.